The van der Waals surface area contributed by atoms with Crippen LogP contribution in [0, 0.1) is 5.92 Å². The summed E-state index contributed by atoms with van der Waals surface area (Å²) in [5.74, 6) is 2.58. The van der Waals surface area contributed by atoms with Crippen LogP contribution in [0.4, 0.5) is 0 Å². The Bertz CT molecular complexity index is 1250. The Morgan fingerprint density at radius 3 is 2.66 bits per heavy atom. The number of benzene rings is 2. The van der Waals surface area contributed by atoms with Crippen molar-refractivity contribution in [1.82, 2.24) is 25.1 Å². The van der Waals surface area contributed by atoms with Crippen LogP contribution in [-0.2, 0) is 12.2 Å². The van der Waals surface area contributed by atoms with Crippen LogP contribution in [0.15, 0.2) is 65.1 Å². The minimum atomic E-state index is -0.125. The second kappa shape index (κ2) is 12.0. The molecule has 0 atom stereocenters. The summed E-state index contributed by atoms with van der Waals surface area (Å²) in [6.07, 6.45) is 1.59. The molecule has 182 valence electrons. The predicted octanol–water partition coefficient (Wildman–Crippen LogP) is 5.39. The molecule has 0 aliphatic heterocycles. The van der Waals surface area contributed by atoms with Crippen molar-refractivity contribution >= 4 is 29.0 Å². The molecule has 0 aliphatic rings. The van der Waals surface area contributed by atoms with E-state index in [1.54, 1.807) is 18.9 Å². The van der Waals surface area contributed by atoms with E-state index in [2.05, 4.69) is 46.5 Å². The van der Waals surface area contributed by atoms with Crippen molar-refractivity contribution in [3.8, 4) is 11.4 Å². The third-order valence-corrected chi connectivity index (χ3v) is 7.32. The van der Waals surface area contributed by atoms with Gasteiger partial charge in [0.15, 0.2) is 5.16 Å². The number of amides is 1. The lowest BCUT2D eigenvalue weighted by Crippen LogP contribution is -2.25. The highest BCUT2D eigenvalue weighted by Gasteiger charge is 2.19. The fourth-order valence-corrected chi connectivity index (χ4v) is 5.27. The summed E-state index contributed by atoms with van der Waals surface area (Å²) in [6.45, 7) is 4.93. The van der Waals surface area contributed by atoms with Crippen molar-refractivity contribution in [2.45, 2.75) is 37.6 Å². The monoisotopic (exact) mass is 507 g/mol. The van der Waals surface area contributed by atoms with Gasteiger partial charge in [-0.25, -0.2) is 4.98 Å². The number of hydrogen-bond donors (Lipinski definition) is 1. The van der Waals surface area contributed by atoms with Crippen molar-refractivity contribution in [1.29, 1.82) is 0 Å². The predicted molar refractivity (Wildman–Crippen MR) is 141 cm³/mol. The molecule has 2 aromatic carbocycles. The van der Waals surface area contributed by atoms with E-state index in [0.717, 1.165) is 39.4 Å². The first-order valence-electron chi connectivity index (χ1n) is 11.5. The molecule has 4 rings (SSSR count). The Hall–Kier alpha value is -3.17. The van der Waals surface area contributed by atoms with Gasteiger partial charge < -0.3 is 10.1 Å². The smallest absolute Gasteiger partial charge is 0.270 e. The van der Waals surface area contributed by atoms with Crippen LogP contribution in [0.2, 0.25) is 0 Å². The van der Waals surface area contributed by atoms with Crippen LogP contribution in [0.3, 0.4) is 0 Å². The number of para-hydroxylation sites is 2. The average molecular weight is 508 g/mol. The Balaban J connectivity index is 1.53. The standard InChI is InChI=1S/C26H29N5O2S2/c1-18(2)13-14-27-25(32)20-16-34-24(28-20)17-35-26-30-29-23(15-19-9-5-4-6-10-19)31(26)21-11-7-8-12-22(21)33-3/h4-12,16,18H,13-15,17H2,1-3H3,(H,27,32). The van der Waals surface area contributed by atoms with Gasteiger partial charge in [-0.3, -0.25) is 9.36 Å². The van der Waals surface area contributed by atoms with Crippen LogP contribution in [-0.4, -0.2) is 39.3 Å². The summed E-state index contributed by atoms with van der Waals surface area (Å²) in [5, 5.41) is 15.4. The highest BCUT2D eigenvalue weighted by Crippen LogP contribution is 2.31. The van der Waals surface area contributed by atoms with E-state index in [1.807, 2.05) is 52.4 Å². The van der Waals surface area contributed by atoms with Gasteiger partial charge in [-0.05, 0) is 30.0 Å². The van der Waals surface area contributed by atoms with E-state index < -0.39 is 0 Å². The zero-order valence-electron chi connectivity index (χ0n) is 20.1. The number of carbonyl (C=O) groups excluding carboxylic acids is 1. The van der Waals surface area contributed by atoms with Crippen LogP contribution in [0.5, 0.6) is 5.75 Å². The van der Waals surface area contributed by atoms with E-state index in [1.165, 1.54) is 11.3 Å². The summed E-state index contributed by atoms with van der Waals surface area (Å²) in [5.41, 5.74) is 2.50. The molecular weight excluding hydrogens is 478 g/mol. The molecule has 9 heteroatoms. The largest absolute Gasteiger partial charge is 0.495 e. The first-order valence-corrected chi connectivity index (χ1v) is 13.4. The second-order valence-corrected chi connectivity index (χ2v) is 10.3. The molecule has 0 saturated carbocycles. The molecule has 4 aromatic rings. The van der Waals surface area contributed by atoms with Crippen LogP contribution >= 0.6 is 23.1 Å². The average Bonchev–Trinajstić information content (AvgIpc) is 3.50. The fraction of sp³-hybridized carbons (Fsp3) is 0.308. The van der Waals surface area contributed by atoms with Crippen molar-refractivity contribution in [2.24, 2.45) is 5.92 Å². The number of carbonyl (C=O) groups is 1. The molecule has 1 amide bonds. The van der Waals surface area contributed by atoms with Gasteiger partial charge in [-0.15, -0.1) is 21.5 Å². The van der Waals surface area contributed by atoms with Gasteiger partial charge in [0.2, 0.25) is 0 Å². The molecule has 0 saturated heterocycles. The van der Waals surface area contributed by atoms with Crippen molar-refractivity contribution in [3.63, 3.8) is 0 Å². The van der Waals surface area contributed by atoms with E-state index in [4.69, 9.17) is 4.74 Å². The lowest BCUT2D eigenvalue weighted by Gasteiger charge is -2.13. The van der Waals surface area contributed by atoms with Gasteiger partial charge >= 0.3 is 0 Å². The Morgan fingerprint density at radius 2 is 1.89 bits per heavy atom. The molecule has 0 unspecified atom stereocenters. The zero-order chi connectivity index (χ0) is 24.6. The van der Waals surface area contributed by atoms with Gasteiger partial charge in [0, 0.05) is 18.3 Å². The molecule has 0 fully saturated rings. The lowest BCUT2D eigenvalue weighted by atomic mass is 10.1. The number of aromatic nitrogens is 4. The maximum absolute atomic E-state index is 12.4. The second-order valence-electron chi connectivity index (χ2n) is 8.42. The molecule has 0 bridgehead atoms. The Labute approximate surface area is 214 Å². The zero-order valence-corrected chi connectivity index (χ0v) is 21.7. The highest BCUT2D eigenvalue weighted by atomic mass is 32.2. The molecule has 2 aromatic heterocycles. The summed E-state index contributed by atoms with van der Waals surface area (Å²) in [7, 11) is 1.66. The topological polar surface area (TPSA) is 81.9 Å². The minimum Gasteiger partial charge on any atom is -0.495 e. The Morgan fingerprint density at radius 1 is 1.11 bits per heavy atom. The third-order valence-electron chi connectivity index (χ3n) is 5.35. The fourth-order valence-electron chi connectivity index (χ4n) is 3.52. The maximum Gasteiger partial charge on any atom is 0.270 e. The maximum atomic E-state index is 12.4. The molecular formula is C26H29N5O2S2. The molecule has 35 heavy (non-hydrogen) atoms. The molecule has 0 radical (unpaired) electrons. The SMILES string of the molecule is COc1ccccc1-n1c(Cc2ccccc2)nnc1SCc1nc(C(=O)NCCC(C)C)cs1. The number of thiazole rings is 1. The molecule has 2 heterocycles. The third kappa shape index (κ3) is 6.49. The summed E-state index contributed by atoms with van der Waals surface area (Å²) in [6, 6.07) is 18.1. The number of methoxy groups -OCH3 is 1. The van der Waals surface area contributed by atoms with Crippen molar-refractivity contribution in [3.05, 3.63) is 82.1 Å². The van der Waals surface area contributed by atoms with Gasteiger partial charge in [0.1, 0.15) is 22.3 Å². The Kier molecular flexibility index (Phi) is 8.54. The number of rotatable bonds is 11. The summed E-state index contributed by atoms with van der Waals surface area (Å²) < 4.78 is 7.67. The quantitative estimate of drug-likeness (QED) is 0.274. The van der Waals surface area contributed by atoms with Gasteiger partial charge in [0.05, 0.1) is 18.6 Å². The van der Waals surface area contributed by atoms with E-state index >= 15 is 0 Å². The van der Waals surface area contributed by atoms with Crippen molar-refractivity contribution < 1.29 is 9.53 Å². The summed E-state index contributed by atoms with van der Waals surface area (Å²) >= 11 is 3.02. The molecule has 1 N–H and O–H groups in total. The number of thioether (sulfide) groups is 1. The van der Waals surface area contributed by atoms with E-state index in [-0.39, 0.29) is 5.91 Å². The number of nitrogens with zero attached hydrogens (tertiary/aromatic N) is 4. The van der Waals surface area contributed by atoms with Crippen molar-refractivity contribution in [2.75, 3.05) is 13.7 Å². The first-order chi connectivity index (χ1) is 17.0. The number of hydrogen-bond acceptors (Lipinski definition) is 7. The van der Waals surface area contributed by atoms with Crippen LogP contribution in [0.1, 0.15) is 47.2 Å². The highest BCUT2D eigenvalue weighted by molar-refractivity contribution is 7.98. The van der Waals surface area contributed by atoms with Crippen LogP contribution < -0.4 is 10.1 Å². The van der Waals surface area contributed by atoms with Gasteiger partial charge in [-0.1, -0.05) is 68.1 Å². The van der Waals surface area contributed by atoms with Gasteiger partial charge in [-0.2, -0.15) is 0 Å². The number of nitrogens with one attached hydrogen (secondary N) is 1. The van der Waals surface area contributed by atoms with E-state index in [0.29, 0.717) is 30.3 Å². The molecule has 7 nitrogen and oxygen atoms in total. The van der Waals surface area contributed by atoms with E-state index in [9.17, 15) is 4.79 Å². The minimum absolute atomic E-state index is 0.125. The van der Waals surface area contributed by atoms with Crippen LogP contribution in [0.25, 0.3) is 5.69 Å². The molecule has 0 aliphatic carbocycles. The first kappa shape index (κ1) is 24.9. The number of ether oxygens (including phenoxy) is 1. The normalized spacial score (nSPS) is 11.1. The molecule has 0 spiro atoms. The lowest BCUT2D eigenvalue weighted by molar-refractivity contribution is 0.0947. The summed E-state index contributed by atoms with van der Waals surface area (Å²) in [4.78, 5) is 16.9. The van der Waals surface area contributed by atoms with Gasteiger partial charge in [0.25, 0.3) is 5.91 Å².